The van der Waals surface area contributed by atoms with Crippen LogP contribution in [0.25, 0.3) is 0 Å². The average molecular weight is 285 g/mol. The maximum absolute atomic E-state index is 11.9. The van der Waals surface area contributed by atoms with Gasteiger partial charge in [0.2, 0.25) is 0 Å². The molecule has 16 heavy (non-hydrogen) atoms. The monoisotopic (exact) mass is 284 g/mol. The summed E-state index contributed by atoms with van der Waals surface area (Å²) < 4.78 is 0.631. The molecule has 0 aromatic carbocycles. The van der Waals surface area contributed by atoms with Crippen LogP contribution in [0.4, 0.5) is 0 Å². The number of rotatable bonds is 3. The highest BCUT2D eigenvalue weighted by molar-refractivity contribution is 9.10. The van der Waals surface area contributed by atoms with E-state index in [9.17, 15) is 9.90 Å². The van der Waals surface area contributed by atoms with Crippen LogP contribution in [0.3, 0.4) is 0 Å². The van der Waals surface area contributed by atoms with Gasteiger partial charge in [0.1, 0.15) is 4.60 Å². The number of nitrogens with zero attached hydrogens (tertiary/aromatic N) is 1. The van der Waals surface area contributed by atoms with Crippen LogP contribution in [0.1, 0.15) is 29.6 Å². The number of aliphatic hydroxyl groups is 1. The van der Waals surface area contributed by atoms with Crippen LogP contribution in [-0.4, -0.2) is 28.1 Å². The van der Waals surface area contributed by atoms with Crippen molar-refractivity contribution in [3.8, 4) is 0 Å². The van der Waals surface area contributed by atoms with E-state index in [0.29, 0.717) is 10.2 Å². The van der Waals surface area contributed by atoms with Gasteiger partial charge in [-0.25, -0.2) is 4.98 Å². The molecule has 1 aromatic heterocycles. The SMILES string of the molecule is O=C(NC1(CO)CCC1)c1ccnc(Br)c1. The molecule has 1 saturated carbocycles. The molecular formula is C11H13BrN2O2. The fourth-order valence-corrected chi connectivity index (χ4v) is 2.15. The molecule has 1 aliphatic carbocycles. The number of amides is 1. The van der Waals surface area contributed by atoms with E-state index < -0.39 is 5.54 Å². The predicted molar refractivity (Wildman–Crippen MR) is 63.1 cm³/mol. The highest BCUT2D eigenvalue weighted by Crippen LogP contribution is 2.31. The van der Waals surface area contributed by atoms with Crippen molar-refractivity contribution in [3.05, 3.63) is 28.5 Å². The van der Waals surface area contributed by atoms with Crippen LogP contribution in [0, 0.1) is 0 Å². The molecule has 0 spiro atoms. The van der Waals surface area contributed by atoms with E-state index in [1.807, 2.05) is 0 Å². The van der Waals surface area contributed by atoms with E-state index in [2.05, 4.69) is 26.2 Å². The zero-order chi connectivity index (χ0) is 11.6. The van der Waals surface area contributed by atoms with Crippen molar-refractivity contribution in [3.63, 3.8) is 0 Å². The molecule has 1 fully saturated rings. The Kier molecular flexibility index (Phi) is 3.25. The molecular weight excluding hydrogens is 272 g/mol. The molecule has 0 bridgehead atoms. The lowest BCUT2D eigenvalue weighted by molar-refractivity contribution is 0.0641. The summed E-state index contributed by atoms with van der Waals surface area (Å²) in [5.41, 5.74) is 0.161. The predicted octanol–water partition coefficient (Wildman–Crippen LogP) is 1.49. The Balaban J connectivity index is 2.08. The first kappa shape index (κ1) is 11.5. The first-order chi connectivity index (χ1) is 7.65. The third-order valence-electron chi connectivity index (χ3n) is 2.98. The van der Waals surface area contributed by atoms with Crippen LogP contribution >= 0.6 is 15.9 Å². The van der Waals surface area contributed by atoms with Crippen LogP contribution in [-0.2, 0) is 0 Å². The minimum Gasteiger partial charge on any atom is -0.394 e. The second kappa shape index (κ2) is 4.51. The number of hydrogen-bond donors (Lipinski definition) is 2. The number of pyridine rings is 1. The van der Waals surface area contributed by atoms with Gasteiger partial charge in [0.05, 0.1) is 12.1 Å². The normalized spacial score (nSPS) is 17.6. The van der Waals surface area contributed by atoms with E-state index in [-0.39, 0.29) is 12.5 Å². The molecule has 5 heteroatoms. The van der Waals surface area contributed by atoms with Gasteiger partial charge in [-0.3, -0.25) is 4.79 Å². The van der Waals surface area contributed by atoms with Gasteiger partial charge in [-0.15, -0.1) is 0 Å². The molecule has 1 heterocycles. The maximum Gasteiger partial charge on any atom is 0.251 e. The zero-order valence-electron chi connectivity index (χ0n) is 8.74. The molecule has 86 valence electrons. The third kappa shape index (κ3) is 2.25. The lowest BCUT2D eigenvalue weighted by atomic mass is 9.77. The Labute approximate surface area is 102 Å². The van der Waals surface area contributed by atoms with Crippen LogP contribution in [0.2, 0.25) is 0 Å². The second-order valence-electron chi connectivity index (χ2n) is 4.11. The Morgan fingerprint density at radius 2 is 2.38 bits per heavy atom. The quantitative estimate of drug-likeness (QED) is 0.827. The fraction of sp³-hybridized carbons (Fsp3) is 0.455. The highest BCUT2D eigenvalue weighted by atomic mass is 79.9. The van der Waals surface area contributed by atoms with Crippen molar-refractivity contribution in [1.82, 2.24) is 10.3 Å². The van der Waals surface area contributed by atoms with Gasteiger partial charge in [-0.05, 0) is 47.3 Å². The zero-order valence-corrected chi connectivity index (χ0v) is 10.3. The van der Waals surface area contributed by atoms with Crippen molar-refractivity contribution >= 4 is 21.8 Å². The van der Waals surface area contributed by atoms with E-state index in [1.165, 1.54) is 0 Å². The second-order valence-corrected chi connectivity index (χ2v) is 4.93. The summed E-state index contributed by atoms with van der Waals surface area (Å²) in [6.07, 6.45) is 4.33. The molecule has 0 unspecified atom stereocenters. The van der Waals surface area contributed by atoms with E-state index in [4.69, 9.17) is 0 Å². The average Bonchev–Trinajstić information content (AvgIpc) is 2.23. The smallest absolute Gasteiger partial charge is 0.251 e. The number of carbonyl (C=O) groups excluding carboxylic acids is 1. The fourth-order valence-electron chi connectivity index (χ4n) is 1.78. The summed E-state index contributed by atoms with van der Waals surface area (Å²) in [5, 5.41) is 12.1. The van der Waals surface area contributed by atoms with Gasteiger partial charge in [0.15, 0.2) is 0 Å². The number of nitrogens with one attached hydrogen (secondary N) is 1. The Morgan fingerprint density at radius 3 is 2.88 bits per heavy atom. The van der Waals surface area contributed by atoms with Gasteiger partial charge in [-0.2, -0.15) is 0 Å². The summed E-state index contributed by atoms with van der Waals surface area (Å²) in [4.78, 5) is 15.9. The van der Waals surface area contributed by atoms with Crippen molar-refractivity contribution in [1.29, 1.82) is 0 Å². The summed E-state index contributed by atoms with van der Waals surface area (Å²) >= 11 is 3.22. The van der Waals surface area contributed by atoms with Gasteiger partial charge in [0.25, 0.3) is 5.91 Å². The molecule has 1 aliphatic rings. The summed E-state index contributed by atoms with van der Waals surface area (Å²) in [6, 6.07) is 3.32. The molecule has 2 N–H and O–H groups in total. The number of aliphatic hydroxyl groups excluding tert-OH is 1. The van der Waals surface area contributed by atoms with Crippen molar-refractivity contribution < 1.29 is 9.90 Å². The third-order valence-corrected chi connectivity index (χ3v) is 3.41. The van der Waals surface area contributed by atoms with Gasteiger partial charge < -0.3 is 10.4 Å². The van der Waals surface area contributed by atoms with Crippen LogP contribution < -0.4 is 5.32 Å². The van der Waals surface area contributed by atoms with E-state index in [1.54, 1.807) is 18.3 Å². The first-order valence-corrected chi connectivity index (χ1v) is 5.99. The molecule has 2 rings (SSSR count). The summed E-state index contributed by atoms with van der Waals surface area (Å²) in [6.45, 7) is 0.00495. The van der Waals surface area contributed by atoms with Gasteiger partial charge >= 0.3 is 0 Å². The molecule has 0 aliphatic heterocycles. The molecule has 4 nitrogen and oxygen atoms in total. The lowest BCUT2D eigenvalue weighted by Gasteiger charge is -2.40. The Bertz CT molecular complexity index is 399. The van der Waals surface area contributed by atoms with Crippen molar-refractivity contribution in [2.45, 2.75) is 24.8 Å². The molecule has 1 aromatic rings. The Hall–Kier alpha value is -0.940. The van der Waals surface area contributed by atoms with Crippen LogP contribution in [0.5, 0.6) is 0 Å². The van der Waals surface area contributed by atoms with Gasteiger partial charge in [0, 0.05) is 11.8 Å². The Morgan fingerprint density at radius 1 is 1.62 bits per heavy atom. The number of aromatic nitrogens is 1. The number of carbonyl (C=O) groups is 1. The highest BCUT2D eigenvalue weighted by Gasteiger charge is 2.37. The molecule has 0 atom stereocenters. The number of hydrogen-bond acceptors (Lipinski definition) is 3. The van der Waals surface area contributed by atoms with E-state index in [0.717, 1.165) is 19.3 Å². The topological polar surface area (TPSA) is 62.2 Å². The maximum atomic E-state index is 11.9. The summed E-state index contributed by atoms with van der Waals surface area (Å²) in [5.74, 6) is -0.156. The van der Waals surface area contributed by atoms with E-state index >= 15 is 0 Å². The minimum atomic E-state index is -0.396. The standard InChI is InChI=1S/C11H13BrN2O2/c12-9-6-8(2-5-13-9)10(16)14-11(7-15)3-1-4-11/h2,5-6,15H,1,3-4,7H2,(H,14,16). The minimum absolute atomic E-state index is 0.00495. The number of halogens is 1. The van der Waals surface area contributed by atoms with Crippen LogP contribution in [0.15, 0.2) is 22.9 Å². The lowest BCUT2D eigenvalue weighted by Crippen LogP contribution is -2.56. The molecule has 0 saturated heterocycles. The van der Waals surface area contributed by atoms with Crippen molar-refractivity contribution in [2.24, 2.45) is 0 Å². The largest absolute Gasteiger partial charge is 0.394 e. The molecule has 1 amide bonds. The van der Waals surface area contributed by atoms with Crippen molar-refractivity contribution in [2.75, 3.05) is 6.61 Å². The van der Waals surface area contributed by atoms with Gasteiger partial charge in [-0.1, -0.05) is 0 Å². The summed E-state index contributed by atoms with van der Waals surface area (Å²) in [7, 11) is 0. The first-order valence-electron chi connectivity index (χ1n) is 5.20. The molecule has 0 radical (unpaired) electrons.